The summed E-state index contributed by atoms with van der Waals surface area (Å²) in [6, 6.07) is 0. The molecule has 0 amide bonds. The fraction of sp³-hybridized carbons (Fsp3) is 0.333. The van der Waals surface area contributed by atoms with Crippen LogP contribution < -0.4 is 0 Å². The van der Waals surface area contributed by atoms with Crippen LogP contribution in [-0.2, 0) is 23.9 Å². The van der Waals surface area contributed by atoms with E-state index in [0.29, 0.717) is 0 Å². The van der Waals surface area contributed by atoms with Gasteiger partial charge in [-0.2, -0.15) is 0 Å². The number of rotatable bonds is 7. The molecule has 1 N–H and O–H groups in total. The second kappa shape index (κ2) is 7.39. The van der Waals surface area contributed by atoms with Crippen LogP contribution >= 0.6 is 21.6 Å². The first-order valence-corrected chi connectivity index (χ1v) is 5.70. The van der Waals surface area contributed by atoms with Crippen LogP contribution in [0.4, 0.5) is 0 Å². The summed E-state index contributed by atoms with van der Waals surface area (Å²) in [7, 11) is 1.86. The molecular formula is C6H6O6S2. The van der Waals surface area contributed by atoms with Crippen molar-refractivity contribution in [3.63, 3.8) is 0 Å². The van der Waals surface area contributed by atoms with Crippen LogP contribution in [0, 0.1) is 0 Å². The zero-order valence-electron chi connectivity index (χ0n) is 6.80. The molecule has 0 atom stereocenters. The average Bonchev–Trinajstić information content (AvgIpc) is 2.12. The van der Waals surface area contributed by atoms with Gasteiger partial charge in [0.05, 0.1) is 5.75 Å². The first-order chi connectivity index (χ1) is 6.57. The van der Waals surface area contributed by atoms with Gasteiger partial charge in [-0.3, -0.25) is 14.4 Å². The van der Waals surface area contributed by atoms with Gasteiger partial charge in [-0.25, -0.2) is 4.79 Å². The summed E-state index contributed by atoms with van der Waals surface area (Å²) in [5.74, 6) is -3.52. The van der Waals surface area contributed by atoms with Crippen LogP contribution in [0.25, 0.3) is 0 Å². The molecule has 0 unspecified atom stereocenters. The Labute approximate surface area is 86.8 Å². The van der Waals surface area contributed by atoms with Crippen molar-refractivity contribution in [3.05, 3.63) is 0 Å². The highest BCUT2D eigenvalue weighted by Gasteiger charge is 2.11. The highest BCUT2D eigenvalue weighted by atomic mass is 33.1. The van der Waals surface area contributed by atoms with E-state index in [9.17, 15) is 19.2 Å². The Morgan fingerprint density at radius 3 is 2.29 bits per heavy atom. The van der Waals surface area contributed by atoms with Crippen molar-refractivity contribution in [2.45, 2.75) is 0 Å². The Balaban J connectivity index is 3.47. The summed E-state index contributed by atoms with van der Waals surface area (Å²) in [5.41, 5.74) is 0. The van der Waals surface area contributed by atoms with Gasteiger partial charge >= 0.3 is 18.4 Å². The zero-order valence-corrected chi connectivity index (χ0v) is 8.43. The molecule has 0 fully saturated rings. The fourth-order valence-corrected chi connectivity index (χ4v) is 2.01. The first-order valence-electron chi connectivity index (χ1n) is 3.21. The number of carbonyl (C=O) groups excluding carboxylic acids is 3. The molecule has 0 bridgehead atoms. The van der Waals surface area contributed by atoms with E-state index in [2.05, 4.69) is 4.74 Å². The molecule has 0 saturated carbocycles. The van der Waals surface area contributed by atoms with Gasteiger partial charge in [0.2, 0.25) is 0 Å². The lowest BCUT2D eigenvalue weighted by molar-refractivity contribution is -0.149. The second-order valence-corrected chi connectivity index (χ2v) is 4.30. The number of hydrogen-bond acceptors (Lipinski definition) is 7. The highest BCUT2D eigenvalue weighted by molar-refractivity contribution is 8.77. The number of carboxylic acids is 1. The van der Waals surface area contributed by atoms with E-state index >= 15 is 0 Å². The van der Waals surface area contributed by atoms with E-state index in [1.54, 1.807) is 0 Å². The van der Waals surface area contributed by atoms with Gasteiger partial charge in [0.1, 0.15) is 5.75 Å². The monoisotopic (exact) mass is 238 g/mol. The number of esters is 1. The maximum Gasteiger partial charge on any atom is 0.373 e. The number of carboxylic acid groups (broad SMARTS) is 1. The van der Waals surface area contributed by atoms with Crippen LogP contribution in [0.3, 0.4) is 0 Å². The maximum absolute atomic E-state index is 10.5. The summed E-state index contributed by atoms with van der Waals surface area (Å²) in [6.45, 7) is 0.00988. The number of ketones is 1. The number of aliphatic carboxylic acids is 1. The number of carbonyl (C=O) groups is 4. The third kappa shape index (κ3) is 6.49. The predicted molar refractivity (Wildman–Crippen MR) is 49.7 cm³/mol. The van der Waals surface area contributed by atoms with Crippen molar-refractivity contribution < 1.29 is 29.0 Å². The van der Waals surface area contributed by atoms with E-state index in [1.807, 2.05) is 0 Å². The molecule has 0 spiro atoms. The molecule has 0 saturated heterocycles. The van der Waals surface area contributed by atoms with Gasteiger partial charge in [0.15, 0.2) is 0 Å². The molecule has 0 aromatic rings. The minimum Gasteiger partial charge on any atom is -0.475 e. The van der Waals surface area contributed by atoms with Gasteiger partial charge in [0, 0.05) is 0 Å². The average molecular weight is 238 g/mol. The van der Waals surface area contributed by atoms with Gasteiger partial charge < -0.3 is 9.84 Å². The number of ether oxygens (including phenoxy) is 1. The summed E-state index contributed by atoms with van der Waals surface area (Å²) >= 11 is 0. The predicted octanol–water partition coefficient (Wildman–Crippen LogP) is -0.279. The van der Waals surface area contributed by atoms with E-state index in [4.69, 9.17) is 5.11 Å². The quantitative estimate of drug-likeness (QED) is 0.161. The van der Waals surface area contributed by atoms with Crippen LogP contribution in [-0.4, -0.2) is 40.8 Å². The smallest absolute Gasteiger partial charge is 0.373 e. The number of hydrogen-bond donors (Lipinski definition) is 1. The summed E-state index contributed by atoms with van der Waals surface area (Å²) in [6.07, 6.45) is 0. The molecule has 6 nitrogen and oxygen atoms in total. The minimum absolute atomic E-state index is 0.00988. The van der Waals surface area contributed by atoms with Crippen molar-refractivity contribution in [1.29, 1.82) is 0 Å². The summed E-state index contributed by atoms with van der Waals surface area (Å²) < 4.78 is 3.94. The molecule has 0 heterocycles. The third-order valence-electron chi connectivity index (χ3n) is 0.868. The normalized spacial score (nSPS) is 9.14. The number of Topliss-reactive ketones (excluding diaryl/α,β-unsaturated/α-hetero) is 1. The van der Waals surface area contributed by atoms with Crippen LogP contribution in [0.15, 0.2) is 0 Å². The zero-order chi connectivity index (χ0) is 11.0. The summed E-state index contributed by atoms with van der Waals surface area (Å²) in [5, 5.41) is 8.16. The van der Waals surface area contributed by atoms with Gasteiger partial charge in [-0.1, -0.05) is 21.6 Å². The lowest BCUT2D eigenvalue weighted by Gasteiger charge is -1.96. The van der Waals surface area contributed by atoms with Gasteiger partial charge in [-0.15, -0.1) is 0 Å². The largest absolute Gasteiger partial charge is 0.475 e. The molecule has 14 heavy (non-hydrogen) atoms. The van der Waals surface area contributed by atoms with Crippen molar-refractivity contribution in [3.8, 4) is 0 Å². The van der Waals surface area contributed by atoms with Crippen molar-refractivity contribution in [2.75, 3.05) is 11.5 Å². The minimum atomic E-state index is -1.51. The second-order valence-electron chi connectivity index (χ2n) is 1.84. The molecular weight excluding hydrogens is 232 g/mol. The lowest BCUT2D eigenvalue weighted by Crippen LogP contribution is -2.14. The Morgan fingerprint density at radius 1 is 1.21 bits per heavy atom. The Bertz CT molecular complexity index is 251. The van der Waals surface area contributed by atoms with Crippen LogP contribution in [0.1, 0.15) is 0 Å². The highest BCUT2D eigenvalue weighted by Crippen LogP contribution is 2.20. The van der Waals surface area contributed by atoms with Crippen LogP contribution in [0.2, 0.25) is 0 Å². The van der Waals surface area contributed by atoms with E-state index in [-0.39, 0.29) is 18.0 Å². The third-order valence-corrected chi connectivity index (χ3v) is 2.98. The molecule has 0 rings (SSSR count). The summed E-state index contributed by atoms with van der Waals surface area (Å²) in [4.78, 5) is 40.7. The molecule has 0 aliphatic heterocycles. The molecule has 0 aromatic carbocycles. The molecule has 0 radical (unpaired) electrons. The van der Waals surface area contributed by atoms with E-state index in [1.165, 1.54) is 0 Å². The maximum atomic E-state index is 10.5. The van der Waals surface area contributed by atoms with Crippen molar-refractivity contribution in [1.82, 2.24) is 0 Å². The Kier molecular flexibility index (Phi) is 6.85. The van der Waals surface area contributed by atoms with Crippen molar-refractivity contribution in [2.24, 2.45) is 0 Å². The topological polar surface area (TPSA) is 97.7 Å². The van der Waals surface area contributed by atoms with E-state index < -0.39 is 17.7 Å². The fourth-order valence-electron chi connectivity index (χ4n) is 0.334. The molecule has 8 heteroatoms. The van der Waals surface area contributed by atoms with Gasteiger partial charge in [-0.05, 0) is 0 Å². The SMILES string of the molecule is O=COC(=O)CSSCC(=O)C(=O)O. The first kappa shape index (κ1) is 13.0. The standard InChI is InChI=1S/C6H6O6S2/c7-3-12-5(9)2-14-13-1-4(8)6(10)11/h3H,1-2H2,(H,10,11). The Morgan fingerprint density at radius 2 is 1.79 bits per heavy atom. The van der Waals surface area contributed by atoms with Crippen LogP contribution in [0.5, 0.6) is 0 Å². The van der Waals surface area contributed by atoms with Crippen molar-refractivity contribution >= 4 is 45.8 Å². The van der Waals surface area contributed by atoms with Gasteiger partial charge in [0.25, 0.3) is 5.78 Å². The molecule has 78 valence electrons. The molecule has 0 aromatic heterocycles. The Hall–Kier alpha value is -1.02. The lowest BCUT2D eigenvalue weighted by atomic mass is 10.5. The molecule has 0 aliphatic rings. The van der Waals surface area contributed by atoms with E-state index in [0.717, 1.165) is 21.6 Å². The molecule has 0 aliphatic carbocycles.